The first kappa shape index (κ1) is 24.7. The molecule has 0 spiro atoms. The number of aromatic amines is 1. The summed E-state index contributed by atoms with van der Waals surface area (Å²) in [4.78, 5) is 51.9. The lowest BCUT2D eigenvalue weighted by Crippen LogP contribution is -2.42. The van der Waals surface area contributed by atoms with Crippen molar-refractivity contribution >= 4 is 41.1 Å². The van der Waals surface area contributed by atoms with Gasteiger partial charge in [-0.15, -0.1) is 11.3 Å². The highest BCUT2D eigenvalue weighted by Gasteiger charge is 2.22. The number of aromatic nitrogens is 2. The maximum absolute atomic E-state index is 12.0. The van der Waals surface area contributed by atoms with Gasteiger partial charge in [0.2, 0.25) is 5.95 Å². The van der Waals surface area contributed by atoms with E-state index in [9.17, 15) is 19.2 Å². The third-order valence-electron chi connectivity index (χ3n) is 4.72. The Morgan fingerprint density at radius 3 is 2.62 bits per heavy atom. The van der Waals surface area contributed by atoms with Crippen molar-refractivity contribution in [3.05, 3.63) is 32.9 Å². The van der Waals surface area contributed by atoms with Gasteiger partial charge in [0, 0.05) is 6.42 Å². The summed E-state index contributed by atoms with van der Waals surface area (Å²) in [6, 6.07) is 0.309. The van der Waals surface area contributed by atoms with Gasteiger partial charge in [-0.1, -0.05) is 6.92 Å². The number of nitrogens with zero attached hydrogens (tertiary/aromatic N) is 1. The highest BCUT2D eigenvalue weighted by Crippen LogP contribution is 2.31. The largest absolute Gasteiger partial charge is 0.481 e. The van der Waals surface area contributed by atoms with Crippen LogP contribution in [0.15, 0.2) is 16.2 Å². The van der Waals surface area contributed by atoms with Gasteiger partial charge < -0.3 is 31.7 Å². The summed E-state index contributed by atoms with van der Waals surface area (Å²) in [5.41, 5.74) is 12.1. The van der Waals surface area contributed by atoms with Crippen LogP contribution in [0.5, 0.6) is 5.06 Å². The number of rotatable bonds is 11. The second-order valence-corrected chi connectivity index (χ2v) is 8.04. The van der Waals surface area contributed by atoms with Crippen LogP contribution >= 0.6 is 11.3 Å². The summed E-state index contributed by atoms with van der Waals surface area (Å²) in [5, 5.41) is 22.0. The third-order valence-corrected chi connectivity index (χ3v) is 5.55. The highest BCUT2D eigenvalue weighted by molar-refractivity contribution is 7.12. The van der Waals surface area contributed by atoms with Gasteiger partial charge in [0.05, 0.1) is 5.56 Å². The van der Waals surface area contributed by atoms with Crippen molar-refractivity contribution in [1.29, 1.82) is 0 Å². The van der Waals surface area contributed by atoms with Gasteiger partial charge in [-0.2, -0.15) is 4.98 Å². The minimum Gasteiger partial charge on any atom is -0.481 e. The number of hydrogen-bond donors (Lipinski definition) is 6. The number of H-pyrrole nitrogens is 1. The molecule has 1 amide bonds. The monoisotopic (exact) mass is 467 g/mol. The SMILES string of the molecule is CC(CCCc1c(N)nc(N)[nH]c1=O)c1csc(OC(=O)N[C@@H](CCC(=O)O)C(=O)O)c1. The molecule has 8 N–H and O–H groups in total. The van der Waals surface area contributed by atoms with Crippen molar-refractivity contribution in [2.45, 2.75) is 51.0 Å². The van der Waals surface area contributed by atoms with E-state index in [-0.39, 0.29) is 34.7 Å². The van der Waals surface area contributed by atoms with Crippen LogP contribution in [0.1, 0.15) is 49.7 Å². The maximum Gasteiger partial charge on any atom is 0.414 e. The first-order valence-electron chi connectivity index (χ1n) is 9.72. The maximum atomic E-state index is 12.0. The predicted octanol–water partition coefficient (Wildman–Crippen LogP) is 1.53. The first-order chi connectivity index (χ1) is 15.1. The molecule has 0 aliphatic heterocycles. The Morgan fingerprint density at radius 2 is 2.00 bits per heavy atom. The lowest BCUT2D eigenvalue weighted by Gasteiger charge is -2.12. The molecule has 174 valence electrons. The lowest BCUT2D eigenvalue weighted by atomic mass is 9.97. The molecule has 0 saturated carbocycles. The summed E-state index contributed by atoms with van der Waals surface area (Å²) < 4.78 is 5.12. The zero-order valence-electron chi connectivity index (χ0n) is 17.3. The number of amides is 1. The molecule has 12 nitrogen and oxygen atoms in total. The quantitative estimate of drug-likeness (QED) is 0.280. The Bertz CT molecular complexity index is 1040. The molecule has 2 rings (SSSR count). The minimum atomic E-state index is -1.37. The molecule has 2 atom stereocenters. The van der Waals surface area contributed by atoms with Crippen LogP contribution < -0.4 is 27.1 Å². The molecule has 0 aliphatic carbocycles. The Hall–Kier alpha value is -3.61. The van der Waals surface area contributed by atoms with E-state index in [1.165, 1.54) is 11.3 Å². The van der Waals surface area contributed by atoms with Crippen LogP contribution in [0.2, 0.25) is 0 Å². The molecule has 2 aromatic rings. The number of ether oxygens (including phenoxy) is 1. The average molecular weight is 468 g/mol. The van der Waals surface area contributed by atoms with Crippen LogP contribution in [-0.4, -0.2) is 44.3 Å². The van der Waals surface area contributed by atoms with E-state index in [2.05, 4.69) is 15.3 Å². The Morgan fingerprint density at radius 1 is 1.28 bits per heavy atom. The van der Waals surface area contributed by atoms with E-state index >= 15 is 0 Å². The molecule has 0 fully saturated rings. The molecule has 2 heterocycles. The van der Waals surface area contributed by atoms with Crippen molar-refractivity contribution < 1.29 is 29.3 Å². The Kier molecular flexibility index (Phi) is 8.58. The number of carboxylic acid groups (broad SMARTS) is 2. The predicted molar refractivity (Wildman–Crippen MR) is 117 cm³/mol. The van der Waals surface area contributed by atoms with E-state index in [4.69, 9.17) is 26.4 Å². The summed E-state index contributed by atoms with van der Waals surface area (Å²) in [7, 11) is 0. The van der Waals surface area contributed by atoms with Gasteiger partial charge in [-0.3, -0.25) is 14.6 Å². The molecule has 1 unspecified atom stereocenters. The van der Waals surface area contributed by atoms with Crippen LogP contribution in [0.4, 0.5) is 16.6 Å². The van der Waals surface area contributed by atoms with Gasteiger partial charge in [0.1, 0.15) is 11.9 Å². The van der Waals surface area contributed by atoms with Gasteiger partial charge in [0.25, 0.3) is 5.56 Å². The molecule has 0 radical (unpaired) electrons. The number of nitrogens with one attached hydrogen (secondary N) is 2. The van der Waals surface area contributed by atoms with Crippen LogP contribution in [0.25, 0.3) is 0 Å². The second-order valence-electron chi connectivity index (χ2n) is 7.16. The van der Waals surface area contributed by atoms with E-state index in [0.29, 0.717) is 18.4 Å². The number of nitrogen functional groups attached to an aromatic ring is 2. The number of aliphatic carboxylic acids is 2. The van der Waals surface area contributed by atoms with Gasteiger partial charge in [0.15, 0.2) is 5.06 Å². The van der Waals surface area contributed by atoms with E-state index in [0.717, 1.165) is 12.0 Å². The zero-order chi connectivity index (χ0) is 23.8. The average Bonchev–Trinajstić information content (AvgIpc) is 3.15. The fraction of sp³-hybridized carbons (Fsp3) is 0.421. The second kappa shape index (κ2) is 11.1. The highest BCUT2D eigenvalue weighted by atomic mass is 32.1. The number of nitrogens with two attached hydrogens (primary N) is 2. The van der Waals surface area contributed by atoms with Gasteiger partial charge >= 0.3 is 18.0 Å². The molecular weight excluding hydrogens is 442 g/mol. The van der Waals surface area contributed by atoms with Crippen molar-refractivity contribution in [2.24, 2.45) is 0 Å². The van der Waals surface area contributed by atoms with E-state index < -0.39 is 30.5 Å². The van der Waals surface area contributed by atoms with E-state index in [1.807, 2.05) is 12.3 Å². The molecule has 32 heavy (non-hydrogen) atoms. The summed E-state index contributed by atoms with van der Waals surface area (Å²) in [6.07, 6.45) is 0.180. The Labute approximate surface area is 186 Å². The van der Waals surface area contributed by atoms with Crippen molar-refractivity contribution in [2.75, 3.05) is 11.5 Å². The van der Waals surface area contributed by atoms with Gasteiger partial charge in [-0.05, 0) is 48.6 Å². The molecule has 2 aromatic heterocycles. The third kappa shape index (κ3) is 7.27. The summed E-state index contributed by atoms with van der Waals surface area (Å²) >= 11 is 1.17. The summed E-state index contributed by atoms with van der Waals surface area (Å²) in [5.74, 6) is -2.34. The van der Waals surface area contributed by atoms with Gasteiger partial charge in [-0.25, -0.2) is 9.59 Å². The minimum absolute atomic E-state index is 0.0315. The molecule has 0 bridgehead atoms. The number of carboxylic acids is 2. The molecule has 0 saturated heterocycles. The number of anilines is 2. The standard InChI is InChI=1S/C19H25N5O7S/c1-9(3-2-4-11-15(20)23-18(21)24-16(11)27)10-7-14(32-8-10)31-19(30)22-12(17(28)29)5-6-13(25)26/h7-9,12H,2-6H2,1H3,(H,22,30)(H,25,26)(H,28,29)(H5,20,21,23,24,27)/t9?,12-/m0/s1. The van der Waals surface area contributed by atoms with Crippen molar-refractivity contribution in [1.82, 2.24) is 15.3 Å². The fourth-order valence-corrected chi connectivity index (χ4v) is 3.84. The molecule has 13 heteroatoms. The lowest BCUT2D eigenvalue weighted by molar-refractivity contribution is -0.140. The summed E-state index contributed by atoms with van der Waals surface area (Å²) in [6.45, 7) is 1.98. The first-order valence-corrected chi connectivity index (χ1v) is 10.6. The van der Waals surface area contributed by atoms with Crippen LogP contribution in [0, 0.1) is 0 Å². The van der Waals surface area contributed by atoms with Crippen molar-refractivity contribution in [3.63, 3.8) is 0 Å². The van der Waals surface area contributed by atoms with Crippen LogP contribution in [0.3, 0.4) is 0 Å². The van der Waals surface area contributed by atoms with E-state index in [1.54, 1.807) is 6.07 Å². The smallest absolute Gasteiger partial charge is 0.414 e. The molecule has 0 aromatic carbocycles. The zero-order valence-corrected chi connectivity index (χ0v) is 18.1. The Balaban J connectivity index is 1.87. The number of carbonyl (C=O) groups excluding carboxylic acids is 1. The van der Waals surface area contributed by atoms with Crippen molar-refractivity contribution in [3.8, 4) is 5.06 Å². The number of carbonyl (C=O) groups is 3. The number of hydrogen-bond acceptors (Lipinski definition) is 9. The molecule has 0 aliphatic rings. The molecular formula is C19H25N5O7S. The van der Waals surface area contributed by atoms with Crippen LogP contribution in [-0.2, 0) is 16.0 Å². The topological polar surface area (TPSA) is 211 Å². The number of thiophene rings is 1. The fourth-order valence-electron chi connectivity index (χ4n) is 2.96. The normalized spacial score (nSPS) is 12.7.